The number of carboxylic acid groups (broad SMARTS) is 1. The molecule has 5 heteroatoms. The standard InChI is InChI=1S/C16H24N2O3/c1-11(2)9-18-15(19)12(3)17-10-14(16(20)21)13-7-5-4-6-8-13/h4-8,11-12,14,17H,9-10H2,1-3H3,(H,18,19)(H,20,21). The van der Waals surface area contributed by atoms with Crippen molar-refractivity contribution >= 4 is 11.9 Å². The third-order valence-corrected chi connectivity index (χ3v) is 3.21. The Morgan fingerprint density at radius 2 is 1.71 bits per heavy atom. The highest BCUT2D eigenvalue weighted by Crippen LogP contribution is 2.14. The maximum absolute atomic E-state index is 11.8. The van der Waals surface area contributed by atoms with Crippen LogP contribution >= 0.6 is 0 Å². The van der Waals surface area contributed by atoms with Gasteiger partial charge < -0.3 is 15.7 Å². The lowest BCUT2D eigenvalue weighted by atomic mass is 9.99. The Morgan fingerprint density at radius 3 is 2.24 bits per heavy atom. The maximum Gasteiger partial charge on any atom is 0.312 e. The molecule has 1 rings (SSSR count). The second-order valence-corrected chi connectivity index (χ2v) is 5.57. The lowest BCUT2D eigenvalue weighted by Gasteiger charge is -2.18. The van der Waals surface area contributed by atoms with E-state index in [4.69, 9.17) is 0 Å². The van der Waals surface area contributed by atoms with Gasteiger partial charge in [0.05, 0.1) is 12.0 Å². The van der Waals surface area contributed by atoms with Crippen LogP contribution in [0.2, 0.25) is 0 Å². The second-order valence-electron chi connectivity index (χ2n) is 5.57. The number of carbonyl (C=O) groups is 2. The zero-order valence-corrected chi connectivity index (χ0v) is 12.8. The molecule has 116 valence electrons. The van der Waals surface area contributed by atoms with Gasteiger partial charge in [-0.1, -0.05) is 44.2 Å². The molecule has 1 amide bonds. The van der Waals surface area contributed by atoms with Gasteiger partial charge in [0.25, 0.3) is 0 Å². The van der Waals surface area contributed by atoms with Crippen LogP contribution in [0.3, 0.4) is 0 Å². The van der Waals surface area contributed by atoms with Crippen LogP contribution in [-0.2, 0) is 9.59 Å². The molecule has 2 unspecified atom stereocenters. The molecule has 3 N–H and O–H groups in total. The summed E-state index contributed by atoms with van der Waals surface area (Å²) in [6.45, 7) is 6.61. The van der Waals surface area contributed by atoms with Crippen LogP contribution in [0.5, 0.6) is 0 Å². The molecule has 0 saturated carbocycles. The van der Waals surface area contributed by atoms with Gasteiger partial charge in [0.15, 0.2) is 0 Å². The van der Waals surface area contributed by atoms with Crippen molar-refractivity contribution in [1.29, 1.82) is 0 Å². The third kappa shape index (κ3) is 5.95. The lowest BCUT2D eigenvalue weighted by molar-refractivity contribution is -0.139. The van der Waals surface area contributed by atoms with E-state index >= 15 is 0 Å². The van der Waals surface area contributed by atoms with Gasteiger partial charge in [0.2, 0.25) is 5.91 Å². The average Bonchev–Trinajstić information content (AvgIpc) is 2.45. The zero-order valence-electron chi connectivity index (χ0n) is 12.8. The highest BCUT2D eigenvalue weighted by Gasteiger charge is 2.21. The minimum absolute atomic E-state index is 0.110. The molecule has 0 aliphatic heterocycles. The molecule has 5 nitrogen and oxygen atoms in total. The normalized spacial score (nSPS) is 13.7. The van der Waals surface area contributed by atoms with E-state index in [1.54, 1.807) is 19.1 Å². The van der Waals surface area contributed by atoms with Gasteiger partial charge in [-0.2, -0.15) is 0 Å². The van der Waals surface area contributed by atoms with Gasteiger partial charge in [-0.05, 0) is 18.4 Å². The van der Waals surface area contributed by atoms with Crippen molar-refractivity contribution in [2.75, 3.05) is 13.1 Å². The predicted octanol–water partition coefficient (Wildman–Crippen LogP) is 1.61. The number of amides is 1. The van der Waals surface area contributed by atoms with Crippen LogP contribution in [0.1, 0.15) is 32.3 Å². The summed E-state index contributed by atoms with van der Waals surface area (Å²) in [6.07, 6.45) is 0. The fourth-order valence-corrected chi connectivity index (χ4v) is 1.88. The second kappa shape index (κ2) is 8.42. The molecule has 2 atom stereocenters. The Hall–Kier alpha value is -1.88. The summed E-state index contributed by atoms with van der Waals surface area (Å²) < 4.78 is 0. The van der Waals surface area contributed by atoms with Crippen LogP contribution in [0, 0.1) is 5.92 Å². The zero-order chi connectivity index (χ0) is 15.8. The Morgan fingerprint density at radius 1 is 1.10 bits per heavy atom. The number of rotatable bonds is 8. The predicted molar refractivity (Wildman–Crippen MR) is 82.1 cm³/mol. The van der Waals surface area contributed by atoms with Crippen molar-refractivity contribution in [3.8, 4) is 0 Å². The van der Waals surface area contributed by atoms with E-state index in [1.165, 1.54) is 0 Å². The number of carboxylic acids is 1. The maximum atomic E-state index is 11.8. The fourth-order valence-electron chi connectivity index (χ4n) is 1.88. The van der Waals surface area contributed by atoms with Gasteiger partial charge in [0.1, 0.15) is 0 Å². The van der Waals surface area contributed by atoms with E-state index in [0.717, 1.165) is 5.56 Å². The smallest absolute Gasteiger partial charge is 0.312 e. The number of hydrogen-bond acceptors (Lipinski definition) is 3. The molecule has 1 aromatic carbocycles. The van der Waals surface area contributed by atoms with E-state index in [9.17, 15) is 14.7 Å². The van der Waals surface area contributed by atoms with Crippen molar-refractivity contribution < 1.29 is 14.7 Å². The Balaban J connectivity index is 2.54. The number of benzene rings is 1. The minimum atomic E-state index is -0.900. The van der Waals surface area contributed by atoms with Crippen molar-refractivity contribution in [3.05, 3.63) is 35.9 Å². The van der Waals surface area contributed by atoms with E-state index in [-0.39, 0.29) is 12.5 Å². The van der Waals surface area contributed by atoms with Crippen molar-refractivity contribution in [3.63, 3.8) is 0 Å². The summed E-state index contributed by atoms with van der Waals surface area (Å²) in [4.78, 5) is 23.2. The molecular formula is C16H24N2O3. The highest BCUT2D eigenvalue weighted by atomic mass is 16.4. The molecule has 1 aromatic rings. The summed E-state index contributed by atoms with van der Waals surface area (Å²) in [7, 11) is 0. The Kier molecular flexibility index (Phi) is 6.88. The third-order valence-electron chi connectivity index (χ3n) is 3.21. The van der Waals surface area contributed by atoms with Gasteiger partial charge in [-0.15, -0.1) is 0 Å². The lowest BCUT2D eigenvalue weighted by Crippen LogP contribution is -2.45. The number of aliphatic carboxylic acids is 1. The van der Waals surface area contributed by atoms with Crippen molar-refractivity contribution in [2.45, 2.75) is 32.7 Å². The largest absolute Gasteiger partial charge is 0.481 e. The summed E-state index contributed by atoms with van der Waals surface area (Å²) >= 11 is 0. The molecule has 0 saturated heterocycles. The molecule has 0 spiro atoms. The fraction of sp³-hybridized carbons (Fsp3) is 0.500. The molecule has 0 aliphatic rings. The van der Waals surface area contributed by atoms with Crippen LogP contribution in [0.25, 0.3) is 0 Å². The quantitative estimate of drug-likeness (QED) is 0.680. The van der Waals surface area contributed by atoms with Gasteiger partial charge in [-0.3, -0.25) is 9.59 Å². The molecule has 0 aromatic heterocycles. The molecule has 0 fully saturated rings. The van der Waals surface area contributed by atoms with E-state index in [1.807, 2.05) is 32.0 Å². The molecule has 0 aliphatic carbocycles. The summed E-state index contributed by atoms with van der Waals surface area (Å²) in [5.41, 5.74) is 0.729. The Bertz CT molecular complexity index is 460. The first-order chi connectivity index (χ1) is 9.91. The number of carbonyl (C=O) groups excluding carboxylic acids is 1. The SMILES string of the molecule is CC(C)CNC(=O)C(C)NCC(C(=O)O)c1ccccc1. The highest BCUT2D eigenvalue weighted by molar-refractivity contribution is 5.81. The summed E-state index contributed by atoms with van der Waals surface area (Å²) in [5, 5.41) is 15.1. The molecular weight excluding hydrogens is 268 g/mol. The molecule has 0 radical (unpaired) electrons. The van der Waals surface area contributed by atoms with Crippen LogP contribution < -0.4 is 10.6 Å². The molecule has 21 heavy (non-hydrogen) atoms. The number of hydrogen-bond donors (Lipinski definition) is 3. The molecule has 0 bridgehead atoms. The van der Waals surface area contributed by atoms with Crippen LogP contribution in [0.15, 0.2) is 30.3 Å². The van der Waals surface area contributed by atoms with Crippen molar-refractivity contribution in [2.24, 2.45) is 5.92 Å². The first kappa shape index (κ1) is 17.2. The van der Waals surface area contributed by atoms with Crippen LogP contribution in [0.4, 0.5) is 0 Å². The van der Waals surface area contributed by atoms with Gasteiger partial charge in [0, 0.05) is 13.1 Å². The first-order valence-corrected chi connectivity index (χ1v) is 7.20. The average molecular weight is 292 g/mol. The Labute approximate surface area is 125 Å². The first-order valence-electron chi connectivity index (χ1n) is 7.20. The summed E-state index contributed by atoms with van der Waals surface area (Å²) in [6, 6.07) is 8.61. The van der Waals surface area contributed by atoms with E-state index < -0.39 is 17.9 Å². The van der Waals surface area contributed by atoms with E-state index in [2.05, 4.69) is 10.6 Å². The topological polar surface area (TPSA) is 78.4 Å². The molecule has 0 heterocycles. The van der Waals surface area contributed by atoms with Gasteiger partial charge >= 0.3 is 5.97 Å². The number of nitrogens with one attached hydrogen (secondary N) is 2. The van der Waals surface area contributed by atoms with E-state index in [0.29, 0.717) is 12.5 Å². The summed E-state index contributed by atoms with van der Waals surface area (Å²) in [5.74, 6) is -1.28. The van der Waals surface area contributed by atoms with Crippen molar-refractivity contribution in [1.82, 2.24) is 10.6 Å². The van der Waals surface area contributed by atoms with Gasteiger partial charge in [-0.25, -0.2) is 0 Å². The van der Waals surface area contributed by atoms with Crippen LogP contribution in [-0.4, -0.2) is 36.1 Å². The monoisotopic (exact) mass is 292 g/mol. The minimum Gasteiger partial charge on any atom is -0.481 e.